The Kier molecular flexibility index (Phi) is 1.97. The molecule has 0 unspecified atom stereocenters. The van der Waals surface area contributed by atoms with Gasteiger partial charge in [0.15, 0.2) is 0 Å². The fraction of sp³-hybridized carbons (Fsp3) is 0.222. The first-order valence-corrected chi connectivity index (χ1v) is 4.57. The normalized spacial score (nSPS) is 13.3. The van der Waals surface area contributed by atoms with Gasteiger partial charge in [-0.3, -0.25) is 0 Å². The summed E-state index contributed by atoms with van der Waals surface area (Å²) in [5, 5.41) is 8.69. The summed E-state index contributed by atoms with van der Waals surface area (Å²) in [7, 11) is 0. The fourth-order valence-corrected chi connectivity index (χ4v) is 1.97. The van der Waals surface area contributed by atoms with Crippen LogP contribution in [0.5, 0.6) is 5.75 Å². The van der Waals surface area contributed by atoms with Gasteiger partial charge >= 0.3 is 0 Å². The van der Waals surface area contributed by atoms with Crippen molar-refractivity contribution in [2.75, 3.05) is 6.61 Å². The summed E-state index contributed by atoms with van der Waals surface area (Å²) in [5.74, 6) is -0.135. The van der Waals surface area contributed by atoms with Crippen LogP contribution in [0.4, 0.5) is 4.39 Å². The third kappa shape index (κ3) is 1.20. The van der Waals surface area contributed by atoms with Crippen molar-refractivity contribution in [3.05, 3.63) is 27.5 Å². The van der Waals surface area contributed by atoms with Crippen LogP contribution in [0, 0.1) is 17.1 Å². The first-order valence-electron chi connectivity index (χ1n) is 3.78. The quantitative estimate of drug-likeness (QED) is 0.699. The Morgan fingerprint density at radius 1 is 1.62 bits per heavy atom. The molecule has 1 heterocycles. The van der Waals surface area contributed by atoms with Crippen molar-refractivity contribution >= 4 is 15.9 Å². The lowest BCUT2D eigenvalue weighted by Gasteiger charge is -2.03. The summed E-state index contributed by atoms with van der Waals surface area (Å²) in [4.78, 5) is 0. The van der Waals surface area contributed by atoms with E-state index in [4.69, 9.17) is 10.00 Å². The van der Waals surface area contributed by atoms with Gasteiger partial charge in [0, 0.05) is 16.5 Å². The van der Waals surface area contributed by atoms with Crippen molar-refractivity contribution in [3.8, 4) is 11.8 Å². The summed E-state index contributed by atoms with van der Waals surface area (Å²) >= 11 is 3.23. The van der Waals surface area contributed by atoms with E-state index < -0.39 is 5.82 Å². The molecule has 0 radical (unpaired) electrons. The molecule has 0 saturated heterocycles. The number of halogens is 2. The van der Waals surface area contributed by atoms with Gasteiger partial charge in [-0.25, -0.2) is 4.39 Å². The average Bonchev–Trinajstić information content (AvgIpc) is 2.53. The molecule has 1 aliphatic rings. The zero-order chi connectivity index (χ0) is 9.42. The molecule has 13 heavy (non-hydrogen) atoms. The van der Waals surface area contributed by atoms with E-state index in [1.165, 1.54) is 6.07 Å². The Morgan fingerprint density at radius 2 is 2.38 bits per heavy atom. The molecule has 0 aliphatic carbocycles. The molecule has 0 saturated carbocycles. The van der Waals surface area contributed by atoms with Crippen LogP contribution in [-0.4, -0.2) is 6.61 Å². The van der Waals surface area contributed by atoms with Crippen LogP contribution in [0.1, 0.15) is 11.1 Å². The van der Waals surface area contributed by atoms with Gasteiger partial charge in [-0.1, -0.05) is 15.9 Å². The van der Waals surface area contributed by atoms with Gasteiger partial charge < -0.3 is 4.74 Å². The maximum atomic E-state index is 13.2. The lowest BCUT2D eigenvalue weighted by atomic mass is 10.1. The molecule has 0 spiro atoms. The molecular weight excluding hydrogens is 237 g/mol. The number of fused-ring (bicyclic) bond motifs is 1. The number of hydrogen-bond acceptors (Lipinski definition) is 2. The number of nitriles is 1. The van der Waals surface area contributed by atoms with E-state index in [-0.39, 0.29) is 5.56 Å². The van der Waals surface area contributed by atoms with Crippen LogP contribution >= 0.6 is 15.9 Å². The van der Waals surface area contributed by atoms with Gasteiger partial charge in [-0.2, -0.15) is 5.26 Å². The first-order chi connectivity index (χ1) is 6.24. The predicted octanol–water partition coefficient (Wildman–Crippen LogP) is 2.39. The van der Waals surface area contributed by atoms with E-state index in [0.29, 0.717) is 16.8 Å². The van der Waals surface area contributed by atoms with Crippen molar-refractivity contribution in [1.29, 1.82) is 5.26 Å². The average molecular weight is 242 g/mol. The molecule has 0 bridgehead atoms. The van der Waals surface area contributed by atoms with Gasteiger partial charge in [0.2, 0.25) is 0 Å². The molecule has 0 N–H and O–H groups in total. The smallest absolute Gasteiger partial charge is 0.145 e. The highest BCUT2D eigenvalue weighted by molar-refractivity contribution is 9.10. The van der Waals surface area contributed by atoms with Crippen molar-refractivity contribution < 1.29 is 9.13 Å². The fourth-order valence-electron chi connectivity index (χ4n) is 1.39. The third-order valence-electron chi connectivity index (χ3n) is 1.99. The number of hydrogen-bond donors (Lipinski definition) is 0. The van der Waals surface area contributed by atoms with Crippen LogP contribution in [-0.2, 0) is 6.42 Å². The maximum absolute atomic E-state index is 13.2. The van der Waals surface area contributed by atoms with E-state index in [1.807, 2.05) is 0 Å². The summed E-state index contributed by atoms with van der Waals surface area (Å²) in [6, 6.07) is 3.11. The molecular formula is C9H5BrFNO. The molecule has 2 rings (SSSR count). The Bertz CT molecular complexity index is 411. The second-order valence-corrected chi connectivity index (χ2v) is 3.59. The highest BCUT2D eigenvalue weighted by atomic mass is 79.9. The molecule has 0 aromatic heterocycles. The van der Waals surface area contributed by atoms with Crippen molar-refractivity contribution in [1.82, 2.24) is 0 Å². The molecule has 0 amide bonds. The van der Waals surface area contributed by atoms with Crippen molar-refractivity contribution in [2.45, 2.75) is 6.42 Å². The summed E-state index contributed by atoms with van der Waals surface area (Å²) in [6.07, 6.45) is 0.727. The van der Waals surface area contributed by atoms with Crippen molar-refractivity contribution in [2.24, 2.45) is 0 Å². The van der Waals surface area contributed by atoms with Gasteiger partial charge in [0.1, 0.15) is 23.2 Å². The maximum Gasteiger partial charge on any atom is 0.145 e. The second-order valence-electron chi connectivity index (χ2n) is 2.73. The predicted molar refractivity (Wildman–Crippen MR) is 48.0 cm³/mol. The van der Waals surface area contributed by atoms with Crippen LogP contribution in [0.2, 0.25) is 0 Å². The van der Waals surface area contributed by atoms with Gasteiger partial charge in [0.05, 0.1) is 6.61 Å². The zero-order valence-corrected chi connectivity index (χ0v) is 8.19. The summed E-state index contributed by atoms with van der Waals surface area (Å²) < 4.78 is 19.0. The summed E-state index contributed by atoms with van der Waals surface area (Å²) in [6.45, 7) is 0.520. The summed E-state index contributed by atoms with van der Waals surface area (Å²) in [5.41, 5.74) is 0.897. The van der Waals surface area contributed by atoms with E-state index in [2.05, 4.69) is 15.9 Å². The van der Waals surface area contributed by atoms with Crippen molar-refractivity contribution in [3.63, 3.8) is 0 Å². The van der Waals surface area contributed by atoms with Gasteiger partial charge in [0.25, 0.3) is 0 Å². The minimum absolute atomic E-state index is 0.00991. The lowest BCUT2D eigenvalue weighted by molar-refractivity contribution is 0.354. The van der Waals surface area contributed by atoms with Crippen LogP contribution < -0.4 is 4.74 Å². The molecule has 0 fully saturated rings. The molecule has 2 nitrogen and oxygen atoms in total. The molecule has 1 aliphatic heterocycles. The van der Waals surface area contributed by atoms with E-state index in [1.54, 1.807) is 6.07 Å². The first kappa shape index (κ1) is 8.52. The van der Waals surface area contributed by atoms with E-state index >= 15 is 0 Å². The minimum Gasteiger partial charge on any atom is -0.491 e. The molecule has 66 valence electrons. The number of benzene rings is 1. The monoisotopic (exact) mass is 241 g/mol. The minimum atomic E-state index is -0.532. The Morgan fingerprint density at radius 3 is 3.08 bits per heavy atom. The van der Waals surface area contributed by atoms with Crippen LogP contribution in [0.3, 0.4) is 0 Å². The Hall–Kier alpha value is -1.08. The number of rotatable bonds is 0. The van der Waals surface area contributed by atoms with E-state index in [0.717, 1.165) is 12.0 Å². The second kappa shape index (κ2) is 3.00. The molecule has 1 aromatic rings. The van der Waals surface area contributed by atoms with E-state index in [9.17, 15) is 4.39 Å². The highest BCUT2D eigenvalue weighted by Gasteiger charge is 2.22. The Balaban J connectivity index is 2.74. The van der Waals surface area contributed by atoms with Crippen LogP contribution in [0.25, 0.3) is 0 Å². The molecule has 1 aromatic carbocycles. The topological polar surface area (TPSA) is 33.0 Å². The third-order valence-corrected chi connectivity index (χ3v) is 2.70. The standard InChI is InChI=1S/C9H5BrFNO/c10-7-3-8(11)6(4-12)9-5(7)1-2-13-9/h3H,1-2H2. The van der Waals surface area contributed by atoms with Crippen LogP contribution in [0.15, 0.2) is 10.5 Å². The SMILES string of the molecule is N#Cc1c(F)cc(Br)c2c1OCC2. The number of nitrogens with zero attached hydrogens (tertiary/aromatic N) is 1. The van der Waals surface area contributed by atoms with Gasteiger partial charge in [-0.05, 0) is 6.07 Å². The highest BCUT2D eigenvalue weighted by Crippen LogP contribution is 2.36. The Labute approximate surface area is 83.1 Å². The van der Waals surface area contributed by atoms with Gasteiger partial charge in [-0.15, -0.1) is 0 Å². The zero-order valence-electron chi connectivity index (χ0n) is 6.60. The lowest BCUT2D eigenvalue weighted by Crippen LogP contribution is -1.91. The molecule has 4 heteroatoms. The number of ether oxygens (including phenoxy) is 1. The largest absolute Gasteiger partial charge is 0.491 e. The molecule has 0 atom stereocenters.